The van der Waals surface area contributed by atoms with Crippen LogP contribution in [0.25, 0.3) is 0 Å². The van der Waals surface area contributed by atoms with Gasteiger partial charge in [-0.3, -0.25) is 4.68 Å². The predicted octanol–water partition coefficient (Wildman–Crippen LogP) is 1.64. The van der Waals surface area contributed by atoms with Crippen LogP contribution in [-0.2, 0) is 13.2 Å². The SMILES string of the molecule is C/C(=N/O)c1cc(C(F)(F)F)n(C)n1. The molecule has 0 aliphatic carbocycles. The van der Waals surface area contributed by atoms with Gasteiger partial charge in [-0.05, 0) is 13.0 Å². The lowest BCUT2D eigenvalue weighted by Crippen LogP contribution is -2.11. The van der Waals surface area contributed by atoms with Gasteiger partial charge < -0.3 is 5.21 Å². The molecule has 0 saturated carbocycles. The first-order valence-electron chi connectivity index (χ1n) is 3.66. The van der Waals surface area contributed by atoms with Crippen molar-refractivity contribution in [2.24, 2.45) is 12.2 Å². The van der Waals surface area contributed by atoms with Crippen LogP contribution in [-0.4, -0.2) is 20.7 Å². The van der Waals surface area contributed by atoms with E-state index in [0.717, 1.165) is 6.07 Å². The molecule has 0 saturated heterocycles. The molecule has 78 valence electrons. The fourth-order valence-corrected chi connectivity index (χ4v) is 0.961. The number of alkyl halides is 3. The van der Waals surface area contributed by atoms with Gasteiger partial charge in [0.25, 0.3) is 0 Å². The highest BCUT2D eigenvalue weighted by Gasteiger charge is 2.35. The zero-order chi connectivity index (χ0) is 10.9. The van der Waals surface area contributed by atoms with E-state index in [1.54, 1.807) is 0 Å². The maximum absolute atomic E-state index is 12.3. The highest BCUT2D eigenvalue weighted by atomic mass is 19.4. The number of rotatable bonds is 1. The average Bonchev–Trinajstić information content (AvgIpc) is 2.45. The van der Waals surface area contributed by atoms with Crippen LogP contribution < -0.4 is 0 Å². The van der Waals surface area contributed by atoms with Crippen molar-refractivity contribution in [3.63, 3.8) is 0 Å². The van der Waals surface area contributed by atoms with Gasteiger partial charge in [0.1, 0.15) is 17.1 Å². The summed E-state index contributed by atoms with van der Waals surface area (Å²) in [6.45, 7) is 1.36. The first kappa shape index (κ1) is 10.6. The summed E-state index contributed by atoms with van der Waals surface area (Å²) >= 11 is 0. The van der Waals surface area contributed by atoms with Crippen LogP contribution in [0, 0.1) is 0 Å². The third-order valence-corrected chi connectivity index (χ3v) is 1.69. The van der Waals surface area contributed by atoms with Crippen molar-refractivity contribution < 1.29 is 18.4 Å². The molecule has 0 radical (unpaired) electrons. The van der Waals surface area contributed by atoms with E-state index >= 15 is 0 Å². The van der Waals surface area contributed by atoms with E-state index in [9.17, 15) is 13.2 Å². The van der Waals surface area contributed by atoms with Crippen molar-refractivity contribution in [1.29, 1.82) is 0 Å². The Kier molecular flexibility index (Phi) is 2.50. The van der Waals surface area contributed by atoms with Crippen LogP contribution in [0.15, 0.2) is 11.2 Å². The summed E-state index contributed by atoms with van der Waals surface area (Å²) in [5.41, 5.74) is -0.839. The number of hydrogen-bond acceptors (Lipinski definition) is 3. The molecule has 0 aromatic carbocycles. The van der Waals surface area contributed by atoms with E-state index in [1.807, 2.05) is 0 Å². The lowest BCUT2D eigenvalue weighted by atomic mass is 10.3. The van der Waals surface area contributed by atoms with Crippen molar-refractivity contribution in [3.8, 4) is 0 Å². The zero-order valence-corrected chi connectivity index (χ0v) is 7.50. The largest absolute Gasteiger partial charge is 0.433 e. The van der Waals surface area contributed by atoms with Crippen molar-refractivity contribution in [2.75, 3.05) is 0 Å². The van der Waals surface area contributed by atoms with E-state index in [2.05, 4.69) is 10.3 Å². The summed E-state index contributed by atoms with van der Waals surface area (Å²) in [7, 11) is 1.18. The summed E-state index contributed by atoms with van der Waals surface area (Å²) in [6, 6.07) is 0.828. The summed E-state index contributed by atoms with van der Waals surface area (Å²) in [5, 5.41) is 14.7. The summed E-state index contributed by atoms with van der Waals surface area (Å²) in [6.07, 6.45) is -4.45. The summed E-state index contributed by atoms with van der Waals surface area (Å²) in [5.74, 6) is 0. The lowest BCUT2D eigenvalue weighted by Gasteiger charge is -2.04. The second-order valence-electron chi connectivity index (χ2n) is 2.72. The Balaban J connectivity index is 3.18. The molecule has 7 heteroatoms. The lowest BCUT2D eigenvalue weighted by molar-refractivity contribution is -0.143. The number of oxime groups is 1. The van der Waals surface area contributed by atoms with Gasteiger partial charge in [-0.1, -0.05) is 5.16 Å². The number of hydrogen-bond donors (Lipinski definition) is 1. The van der Waals surface area contributed by atoms with Crippen LogP contribution in [0.4, 0.5) is 13.2 Å². The molecule has 1 rings (SSSR count). The number of halogens is 3. The summed E-state index contributed by atoms with van der Waals surface area (Å²) in [4.78, 5) is 0. The van der Waals surface area contributed by atoms with Gasteiger partial charge >= 0.3 is 6.18 Å². The second kappa shape index (κ2) is 3.32. The Morgan fingerprint density at radius 3 is 2.50 bits per heavy atom. The van der Waals surface area contributed by atoms with Crippen molar-refractivity contribution in [3.05, 3.63) is 17.5 Å². The predicted molar refractivity (Wildman–Crippen MR) is 42.2 cm³/mol. The first-order valence-corrected chi connectivity index (χ1v) is 3.66. The summed E-state index contributed by atoms with van der Waals surface area (Å²) < 4.78 is 37.5. The molecule has 0 spiro atoms. The van der Waals surface area contributed by atoms with Gasteiger partial charge in [0.2, 0.25) is 0 Å². The van der Waals surface area contributed by atoms with E-state index < -0.39 is 11.9 Å². The molecule has 1 N–H and O–H groups in total. The van der Waals surface area contributed by atoms with Crippen LogP contribution in [0.3, 0.4) is 0 Å². The van der Waals surface area contributed by atoms with Crippen molar-refractivity contribution in [2.45, 2.75) is 13.1 Å². The molecular weight excluding hydrogens is 199 g/mol. The topological polar surface area (TPSA) is 50.4 Å². The van der Waals surface area contributed by atoms with E-state index in [0.29, 0.717) is 4.68 Å². The monoisotopic (exact) mass is 207 g/mol. The quantitative estimate of drug-likeness (QED) is 0.432. The third kappa shape index (κ3) is 1.86. The minimum absolute atomic E-state index is 0.00215. The molecule has 0 bridgehead atoms. The Bertz CT molecular complexity index is 367. The molecule has 0 unspecified atom stereocenters. The van der Waals surface area contributed by atoms with Gasteiger partial charge in [0.05, 0.1) is 0 Å². The fraction of sp³-hybridized carbons (Fsp3) is 0.429. The first-order chi connectivity index (χ1) is 6.36. The normalized spacial score (nSPS) is 13.4. The molecule has 1 aromatic heterocycles. The smallest absolute Gasteiger partial charge is 0.411 e. The highest BCUT2D eigenvalue weighted by molar-refractivity contribution is 5.96. The zero-order valence-electron chi connectivity index (χ0n) is 7.50. The van der Waals surface area contributed by atoms with E-state index in [1.165, 1.54) is 14.0 Å². The molecule has 1 aromatic rings. The minimum Gasteiger partial charge on any atom is -0.411 e. The Hall–Kier alpha value is -1.53. The van der Waals surface area contributed by atoms with Crippen LogP contribution in [0.1, 0.15) is 18.3 Å². The maximum Gasteiger partial charge on any atom is 0.433 e. The third-order valence-electron chi connectivity index (χ3n) is 1.69. The van der Waals surface area contributed by atoms with Gasteiger partial charge in [0, 0.05) is 7.05 Å². The van der Waals surface area contributed by atoms with Crippen molar-refractivity contribution >= 4 is 5.71 Å². The van der Waals surface area contributed by atoms with E-state index in [-0.39, 0.29) is 11.4 Å². The Labute approximate surface area is 77.6 Å². The molecule has 0 aliphatic heterocycles. The fourth-order valence-electron chi connectivity index (χ4n) is 0.961. The molecular formula is C7H8F3N3O. The number of aryl methyl sites for hydroxylation is 1. The van der Waals surface area contributed by atoms with Gasteiger partial charge in [0.15, 0.2) is 0 Å². The molecule has 1 heterocycles. The van der Waals surface area contributed by atoms with Crippen LogP contribution in [0.5, 0.6) is 0 Å². The number of aromatic nitrogens is 2. The average molecular weight is 207 g/mol. The van der Waals surface area contributed by atoms with E-state index in [4.69, 9.17) is 5.21 Å². The van der Waals surface area contributed by atoms with Crippen LogP contribution in [0.2, 0.25) is 0 Å². The minimum atomic E-state index is -4.45. The Morgan fingerprint density at radius 1 is 1.57 bits per heavy atom. The Morgan fingerprint density at radius 2 is 2.14 bits per heavy atom. The van der Waals surface area contributed by atoms with Gasteiger partial charge in [-0.15, -0.1) is 0 Å². The molecule has 14 heavy (non-hydrogen) atoms. The van der Waals surface area contributed by atoms with Gasteiger partial charge in [-0.25, -0.2) is 0 Å². The highest BCUT2D eigenvalue weighted by Crippen LogP contribution is 2.29. The molecule has 4 nitrogen and oxygen atoms in total. The maximum atomic E-state index is 12.3. The number of nitrogens with zero attached hydrogens (tertiary/aromatic N) is 3. The molecule has 0 atom stereocenters. The molecule has 0 aliphatic rings. The molecule has 0 amide bonds. The van der Waals surface area contributed by atoms with Crippen LogP contribution >= 0.6 is 0 Å². The molecule has 0 fully saturated rings. The van der Waals surface area contributed by atoms with Crippen molar-refractivity contribution in [1.82, 2.24) is 9.78 Å². The second-order valence-corrected chi connectivity index (χ2v) is 2.72. The van der Waals surface area contributed by atoms with Gasteiger partial charge in [-0.2, -0.15) is 18.3 Å². The standard InChI is InChI=1S/C7H8F3N3O/c1-4(12-14)5-3-6(7(8,9)10)13(2)11-5/h3,14H,1-2H3/b12-4-.